The molecule has 0 unspecified atom stereocenters. The summed E-state index contributed by atoms with van der Waals surface area (Å²) >= 11 is 4.26. The smallest absolute Gasteiger partial charge is 0.261 e. The van der Waals surface area contributed by atoms with E-state index in [2.05, 4.69) is 65.3 Å². The number of sulfonamides is 2. The maximum absolute atomic E-state index is 12.8. The maximum atomic E-state index is 12.8. The molecule has 10 nitrogen and oxygen atoms in total. The number of halogens is 2. The summed E-state index contributed by atoms with van der Waals surface area (Å²) in [7, 11) is -7.63. The molecule has 2 amide bonds. The predicted molar refractivity (Wildman–Crippen MR) is 195 cm³/mol. The van der Waals surface area contributed by atoms with Gasteiger partial charge in [0.15, 0.2) is 0 Å². The first kappa shape index (κ1) is 33.4. The Morgan fingerprint density at radius 3 is 1.00 bits per heavy atom. The Hall–Kier alpha value is -4.00. The summed E-state index contributed by atoms with van der Waals surface area (Å²) in [4.78, 5) is 25.6. The fraction of sp³-hybridized carbons (Fsp3) is 0. The molecule has 0 fully saturated rings. The van der Waals surface area contributed by atoms with Crippen LogP contribution in [0.25, 0.3) is 0 Å². The molecule has 0 aliphatic rings. The monoisotopic (exact) mass is 878 g/mol. The summed E-state index contributed by atoms with van der Waals surface area (Å²) in [6.07, 6.45) is 0. The van der Waals surface area contributed by atoms with Crippen molar-refractivity contribution < 1.29 is 26.4 Å². The highest BCUT2D eigenvalue weighted by atomic mass is 127. The van der Waals surface area contributed by atoms with Crippen molar-refractivity contribution in [3.63, 3.8) is 0 Å². The average Bonchev–Trinajstić information content (AvgIpc) is 3.03. The molecule has 46 heavy (non-hydrogen) atoms. The van der Waals surface area contributed by atoms with Crippen molar-refractivity contribution in [2.45, 2.75) is 9.79 Å². The standard InChI is InChI=1S/C32H24I2N4O6S2/c33-23-5-9-27(10-6-23)37-45(41,42)29-17-13-25(14-18-29)35-31(39)21-1-2-22(4-3-21)32(40)36-26-15-19-30(20-16-26)46(43,44)38-28-11-7-24(34)8-12-28/h1-20,37-38H,(H,35,39)(H,36,40). The van der Waals surface area contributed by atoms with Gasteiger partial charge in [-0.25, -0.2) is 16.8 Å². The van der Waals surface area contributed by atoms with E-state index in [0.29, 0.717) is 22.7 Å². The van der Waals surface area contributed by atoms with Gasteiger partial charge in [0.1, 0.15) is 0 Å². The van der Waals surface area contributed by atoms with Crippen LogP contribution >= 0.6 is 45.2 Å². The number of benzene rings is 5. The molecule has 0 aromatic heterocycles. The summed E-state index contributed by atoms with van der Waals surface area (Å²) in [6.45, 7) is 0. The van der Waals surface area contributed by atoms with Gasteiger partial charge in [-0.3, -0.25) is 19.0 Å². The van der Waals surface area contributed by atoms with Crippen molar-refractivity contribution in [1.82, 2.24) is 0 Å². The second kappa shape index (κ2) is 14.2. The van der Waals surface area contributed by atoms with Gasteiger partial charge in [0.2, 0.25) is 0 Å². The Balaban J connectivity index is 1.16. The SMILES string of the molecule is O=C(Nc1ccc(S(=O)(=O)Nc2ccc(I)cc2)cc1)c1ccc(C(=O)Nc2ccc(S(=O)(=O)Nc3ccc(I)cc3)cc2)cc1. The Morgan fingerprint density at radius 2 is 0.696 bits per heavy atom. The highest BCUT2D eigenvalue weighted by Gasteiger charge is 2.17. The lowest BCUT2D eigenvalue weighted by atomic mass is 10.1. The van der Waals surface area contributed by atoms with Crippen LogP contribution in [0, 0.1) is 7.14 Å². The number of carbonyl (C=O) groups is 2. The number of anilines is 4. The van der Waals surface area contributed by atoms with Crippen LogP contribution < -0.4 is 20.1 Å². The molecule has 0 atom stereocenters. The molecule has 0 radical (unpaired) electrons. The lowest BCUT2D eigenvalue weighted by molar-refractivity contribution is 0.101. The number of nitrogens with one attached hydrogen (secondary N) is 4. The van der Waals surface area contributed by atoms with E-state index >= 15 is 0 Å². The van der Waals surface area contributed by atoms with Gasteiger partial charge in [-0.2, -0.15) is 0 Å². The first-order valence-corrected chi connectivity index (χ1v) is 18.5. The van der Waals surface area contributed by atoms with E-state index in [1.54, 1.807) is 48.5 Å². The zero-order valence-corrected chi connectivity index (χ0v) is 29.5. The Bertz CT molecular complexity index is 1940. The van der Waals surface area contributed by atoms with E-state index in [-0.39, 0.29) is 20.9 Å². The average molecular weight is 879 g/mol. The molecular formula is C32H24I2N4O6S2. The summed E-state index contributed by atoms with van der Waals surface area (Å²) in [5, 5.41) is 5.41. The summed E-state index contributed by atoms with van der Waals surface area (Å²) in [6, 6.07) is 31.3. The minimum Gasteiger partial charge on any atom is -0.322 e. The van der Waals surface area contributed by atoms with Gasteiger partial charge in [-0.15, -0.1) is 0 Å². The van der Waals surface area contributed by atoms with Crippen LogP contribution in [-0.4, -0.2) is 28.6 Å². The fourth-order valence-corrected chi connectivity index (χ4v) is 6.91. The van der Waals surface area contributed by atoms with Crippen LogP contribution in [0.2, 0.25) is 0 Å². The van der Waals surface area contributed by atoms with Crippen LogP contribution in [0.15, 0.2) is 131 Å². The molecule has 0 bridgehead atoms. The maximum Gasteiger partial charge on any atom is 0.261 e. The van der Waals surface area contributed by atoms with Crippen molar-refractivity contribution >= 4 is 99.8 Å². The van der Waals surface area contributed by atoms with Crippen LogP contribution in [0.3, 0.4) is 0 Å². The molecule has 5 rings (SSSR count). The normalized spacial score (nSPS) is 11.3. The summed E-state index contributed by atoms with van der Waals surface area (Å²) < 4.78 is 57.8. The van der Waals surface area contributed by atoms with Crippen LogP contribution in [0.1, 0.15) is 20.7 Å². The molecule has 0 heterocycles. The molecule has 0 saturated carbocycles. The lowest BCUT2D eigenvalue weighted by Gasteiger charge is -2.11. The van der Waals surface area contributed by atoms with Crippen molar-refractivity contribution in [1.29, 1.82) is 0 Å². The first-order valence-electron chi connectivity index (χ1n) is 13.4. The van der Waals surface area contributed by atoms with E-state index < -0.39 is 31.9 Å². The molecule has 0 aliphatic heterocycles. The topological polar surface area (TPSA) is 151 Å². The quantitative estimate of drug-likeness (QED) is 0.111. The van der Waals surface area contributed by atoms with Gasteiger partial charge in [0.25, 0.3) is 31.9 Å². The van der Waals surface area contributed by atoms with Gasteiger partial charge >= 0.3 is 0 Å². The van der Waals surface area contributed by atoms with E-state index in [1.165, 1.54) is 72.8 Å². The van der Waals surface area contributed by atoms with Gasteiger partial charge < -0.3 is 10.6 Å². The zero-order valence-electron chi connectivity index (χ0n) is 23.6. The van der Waals surface area contributed by atoms with E-state index in [4.69, 9.17) is 0 Å². The second-order valence-electron chi connectivity index (χ2n) is 9.76. The van der Waals surface area contributed by atoms with Crippen molar-refractivity contribution in [2.75, 3.05) is 20.1 Å². The minimum atomic E-state index is -3.81. The Kier molecular flexibility index (Phi) is 10.3. The predicted octanol–water partition coefficient (Wildman–Crippen LogP) is 7.00. The zero-order chi connectivity index (χ0) is 32.9. The number of amides is 2. The molecular weight excluding hydrogens is 854 g/mol. The molecule has 0 spiro atoms. The van der Waals surface area contributed by atoms with E-state index in [0.717, 1.165) is 7.14 Å². The summed E-state index contributed by atoms with van der Waals surface area (Å²) in [5.74, 6) is -0.898. The highest BCUT2D eigenvalue weighted by Crippen LogP contribution is 2.22. The van der Waals surface area contributed by atoms with E-state index in [1.807, 2.05) is 0 Å². The van der Waals surface area contributed by atoms with Gasteiger partial charge in [-0.1, -0.05) is 0 Å². The van der Waals surface area contributed by atoms with Gasteiger partial charge in [-0.05, 0) is 167 Å². The molecule has 14 heteroatoms. The third-order valence-electron chi connectivity index (χ3n) is 6.45. The van der Waals surface area contributed by atoms with Crippen LogP contribution in [0.4, 0.5) is 22.7 Å². The largest absolute Gasteiger partial charge is 0.322 e. The number of hydrogen-bond donors (Lipinski definition) is 4. The van der Waals surface area contributed by atoms with Gasteiger partial charge in [0, 0.05) is 41.0 Å². The Morgan fingerprint density at radius 1 is 0.413 bits per heavy atom. The number of hydrogen-bond acceptors (Lipinski definition) is 6. The Labute approximate surface area is 293 Å². The minimum absolute atomic E-state index is 0.0364. The molecule has 234 valence electrons. The first-order chi connectivity index (χ1) is 21.9. The molecule has 5 aromatic rings. The lowest BCUT2D eigenvalue weighted by Crippen LogP contribution is -2.15. The van der Waals surface area contributed by atoms with Crippen molar-refractivity contribution in [3.05, 3.63) is 140 Å². The highest BCUT2D eigenvalue weighted by molar-refractivity contribution is 14.1. The molecule has 0 aliphatic carbocycles. The van der Waals surface area contributed by atoms with Crippen LogP contribution in [0.5, 0.6) is 0 Å². The number of rotatable bonds is 10. The molecule has 0 saturated heterocycles. The van der Waals surface area contributed by atoms with E-state index in [9.17, 15) is 26.4 Å². The molecule has 5 aromatic carbocycles. The summed E-state index contributed by atoms with van der Waals surface area (Å²) in [5.41, 5.74) is 2.21. The third kappa shape index (κ3) is 8.62. The van der Waals surface area contributed by atoms with Crippen molar-refractivity contribution in [2.24, 2.45) is 0 Å². The second-order valence-corrected chi connectivity index (χ2v) is 15.6. The molecule has 4 N–H and O–H groups in total. The number of carbonyl (C=O) groups excluding carboxylic acids is 2. The van der Waals surface area contributed by atoms with Gasteiger partial charge in [0.05, 0.1) is 9.79 Å². The fourth-order valence-electron chi connectivity index (χ4n) is 4.08. The van der Waals surface area contributed by atoms with Crippen LogP contribution in [-0.2, 0) is 20.0 Å². The van der Waals surface area contributed by atoms with Crippen molar-refractivity contribution in [3.8, 4) is 0 Å². The third-order valence-corrected chi connectivity index (χ3v) is 10.7.